The standard InChI is InChI=1S/C16H13N3O4S2/c17-15-7-8-16(14-9-11(24-20)3-6-13(14)15)19-18-10-1-4-12(5-2-10)25(21,22)23/h1-9,20H,17H2,(H,21,22,23)/p+1. The van der Waals surface area contributed by atoms with Crippen molar-refractivity contribution in [2.75, 3.05) is 5.73 Å². The first-order chi connectivity index (χ1) is 11.9. The van der Waals surface area contributed by atoms with Crippen LogP contribution in [0.2, 0.25) is 0 Å². The van der Waals surface area contributed by atoms with E-state index in [9.17, 15) is 8.42 Å². The third-order valence-electron chi connectivity index (χ3n) is 3.52. The molecular weight excluding hydrogens is 362 g/mol. The first-order valence-electron chi connectivity index (χ1n) is 7.03. The van der Waals surface area contributed by atoms with Gasteiger partial charge < -0.3 is 10.3 Å². The third kappa shape index (κ3) is 3.80. The molecule has 0 saturated heterocycles. The summed E-state index contributed by atoms with van der Waals surface area (Å²) in [6, 6.07) is 14.3. The van der Waals surface area contributed by atoms with E-state index in [-0.39, 0.29) is 4.90 Å². The first-order valence-corrected chi connectivity index (χ1v) is 9.29. The molecule has 25 heavy (non-hydrogen) atoms. The highest BCUT2D eigenvalue weighted by Gasteiger charge is 2.09. The van der Waals surface area contributed by atoms with Gasteiger partial charge in [-0.25, -0.2) is 0 Å². The van der Waals surface area contributed by atoms with E-state index in [0.717, 1.165) is 27.7 Å². The van der Waals surface area contributed by atoms with E-state index in [0.29, 0.717) is 17.1 Å². The molecule has 0 aliphatic heterocycles. The van der Waals surface area contributed by atoms with Crippen molar-refractivity contribution >= 4 is 50.0 Å². The van der Waals surface area contributed by atoms with Crippen molar-refractivity contribution in [1.82, 2.24) is 0 Å². The second-order valence-corrected chi connectivity index (χ2v) is 7.25. The molecule has 0 atom stereocenters. The highest BCUT2D eigenvalue weighted by atomic mass is 32.2. The molecule has 128 valence electrons. The molecule has 0 aliphatic rings. The SMILES string of the molecule is Nc1ccc(N=Nc2ccc(S(=O)(=O)O)cc2)c2cc(S[OH2+])ccc12. The Morgan fingerprint density at radius 2 is 1.68 bits per heavy atom. The van der Waals surface area contributed by atoms with Crippen LogP contribution in [0.4, 0.5) is 17.1 Å². The van der Waals surface area contributed by atoms with Crippen molar-refractivity contribution in [2.45, 2.75) is 9.79 Å². The number of benzene rings is 3. The number of anilines is 1. The number of nitrogen functional groups attached to an aromatic ring is 1. The van der Waals surface area contributed by atoms with Gasteiger partial charge in [-0.2, -0.15) is 13.5 Å². The molecule has 3 aromatic carbocycles. The van der Waals surface area contributed by atoms with Gasteiger partial charge in [-0.05, 0) is 48.5 Å². The van der Waals surface area contributed by atoms with Crippen LogP contribution in [0.5, 0.6) is 0 Å². The Morgan fingerprint density at radius 3 is 2.32 bits per heavy atom. The zero-order valence-corrected chi connectivity index (χ0v) is 14.4. The van der Waals surface area contributed by atoms with E-state index in [1.165, 1.54) is 24.3 Å². The Morgan fingerprint density at radius 1 is 0.960 bits per heavy atom. The molecule has 3 aromatic rings. The fraction of sp³-hybridized carbons (Fsp3) is 0. The van der Waals surface area contributed by atoms with Crippen LogP contribution in [0.1, 0.15) is 0 Å². The molecule has 3 rings (SSSR count). The molecule has 0 bridgehead atoms. The maximum absolute atomic E-state index is 11.0. The molecule has 0 amide bonds. The van der Waals surface area contributed by atoms with Gasteiger partial charge in [0.2, 0.25) is 12.0 Å². The summed E-state index contributed by atoms with van der Waals surface area (Å²) >= 11 is 0.873. The van der Waals surface area contributed by atoms with Gasteiger partial charge >= 0.3 is 0 Å². The molecule has 0 saturated carbocycles. The lowest BCUT2D eigenvalue weighted by Crippen LogP contribution is -1.96. The molecule has 0 unspecified atom stereocenters. The van der Waals surface area contributed by atoms with Crippen LogP contribution >= 0.6 is 12.0 Å². The van der Waals surface area contributed by atoms with Crippen LogP contribution in [0.3, 0.4) is 0 Å². The molecule has 0 aromatic heterocycles. The van der Waals surface area contributed by atoms with Gasteiger partial charge in [-0.15, -0.1) is 5.11 Å². The van der Waals surface area contributed by atoms with E-state index in [4.69, 9.17) is 14.8 Å². The van der Waals surface area contributed by atoms with E-state index < -0.39 is 10.1 Å². The predicted molar refractivity (Wildman–Crippen MR) is 98.3 cm³/mol. The fourth-order valence-electron chi connectivity index (χ4n) is 2.28. The number of rotatable bonds is 4. The summed E-state index contributed by atoms with van der Waals surface area (Å²) in [6.07, 6.45) is 0. The lowest BCUT2D eigenvalue weighted by Gasteiger charge is -2.05. The van der Waals surface area contributed by atoms with E-state index in [1.54, 1.807) is 12.1 Å². The predicted octanol–water partition coefficient (Wildman–Crippen LogP) is 3.82. The number of fused-ring (bicyclic) bond motifs is 1. The van der Waals surface area contributed by atoms with Crippen molar-refractivity contribution in [3.05, 3.63) is 54.6 Å². The average Bonchev–Trinajstić information content (AvgIpc) is 2.60. The number of nitrogens with zero attached hydrogens (tertiary/aromatic N) is 2. The van der Waals surface area contributed by atoms with Gasteiger partial charge in [-0.3, -0.25) is 4.55 Å². The second-order valence-electron chi connectivity index (χ2n) is 5.15. The van der Waals surface area contributed by atoms with Crippen molar-refractivity contribution < 1.29 is 17.5 Å². The summed E-state index contributed by atoms with van der Waals surface area (Å²) in [4.78, 5) is 0.550. The van der Waals surface area contributed by atoms with Crippen LogP contribution in [-0.4, -0.2) is 17.5 Å². The summed E-state index contributed by atoms with van der Waals surface area (Å²) in [6.45, 7) is 0. The lowest BCUT2D eigenvalue weighted by molar-refractivity contribution is 0.483. The molecule has 0 heterocycles. The Hall–Kier alpha value is -2.46. The van der Waals surface area contributed by atoms with Gasteiger partial charge in [-0.1, -0.05) is 6.07 Å². The molecule has 0 fully saturated rings. The maximum atomic E-state index is 11.0. The summed E-state index contributed by atoms with van der Waals surface area (Å²) in [5.74, 6) is 0. The third-order valence-corrected chi connectivity index (χ3v) is 4.88. The number of nitrogens with two attached hydrogens (primary N) is 1. The minimum Gasteiger partial charge on any atom is -0.398 e. The minimum absolute atomic E-state index is 0.207. The summed E-state index contributed by atoms with van der Waals surface area (Å²) in [5.41, 5.74) is 7.60. The van der Waals surface area contributed by atoms with E-state index >= 15 is 0 Å². The normalized spacial score (nSPS) is 12.1. The second kappa shape index (κ2) is 6.81. The Kier molecular flexibility index (Phi) is 4.73. The number of azo groups is 1. The number of hydrogen-bond acceptors (Lipinski definition) is 6. The van der Waals surface area contributed by atoms with Gasteiger partial charge in [0.15, 0.2) is 0 Å². The fourth-order valence-corrected chi connectivity index (χ4v) is 3.08. The van der Waals surface area contributed by atoms with Gasteiger partial charge in [0, 0.05) is 16.5 Å². The van der Waals surface area contributed by atoms with Crippen LogP contribution < -0.4 is 5.73 Å². The van der Waals surface area contributed by atoms with Crippen molar-refractivity contribution in [1.29, 1.82) is 0 Å². The molecular formula is C16H14N3O4S2+. The largest absolute Gasteiger partial charge is 0.398 e. The minimum atomic E-state index is -4.23. The monoisotopic (exact) mass is 376 g/mol. The quantitative estimate of drug-likeness (QED) is 0.235. The highest BCUT2D eigenvalue weighted by molar-refractivity contribution is 7.93. The van der Waals surface area contributed by atoms with E-state index in [1.807, 2.05) is 18.2 Å². The first kappa shape index (κ1) is 17.4. The zero-order valence-electron chi connectivity index (χ0n) is 12.7. The Bertz CT molecular complexity index is 1060. The average molecular weight is 376 g/mol. The summed E-state index contributed by atoms with van der Waals surface area (Å²) < 4.78 is 38.5. The van der Waals surface area contributed by atoms with Gasteiger partial charge in [0.1, 0.15) is 0 Å². The highest BCUT2D eigenvalue weighted by Crippen LogP contribution is 2.34. The molecule has 5 N–H and O–H groups in total. The van der Waals surface area contributed by atoms with E-state index in [2.05, 4.69) is 10.2 Å². The molecule has 7 nitrogen and oxygen atoms in total. The smallest absolute Gasteiger partial charge is 0.294 e. The van der Waals surface area contributed by atoms with Crippen LogP contribution in [0.15, 0.2) is 74.6 Å². The zero-order chi connectivity index (χ0) is 18.0. The Balaban J connectivity index is 2.00. The molecule has 0 spiro atoms. The Labute approximate surface area is 148 Å². The molecule has 9 heteroatoms. The topological polar surface area (TPSA) is 128 Å². The maximum Gasteiger partial charge on any atom is 0.294 e. The van der Waals surface area contributed by atoms with Crippen LogP contribution in [0, 0.1) is 0 Å². The van der Waals surface area contributed by atoms with Gasteiger partial charge in [0.25, 0.3) is 10.1 Å². The van der Waals surface area contributed by atoms with Crippen molar-refractivity contribution in [3.8, 4) is 0 Å². The van der Waals surface area contributed by atoms with Crippen LogP contribution in [0.25, 0.3) is 10.8 Å². The van der Waals surface area contributed by atoms with Crippen molar-refractivity contribution in [3.63, 3.8) is 0 Å². The molecule has 0 radical (unpaired) electrons. The summed E-state index contributed by atoms with van der Waals surface area (Å²) in [5, 5.41) is 9.88. The molecule has 0 aliphatic carbocycles. The van der Waals surface area contributed by atoms with Gasteiger partial charge in [0.05, 0.1) is 21.2 Å². The summed E-state index contributed by atoms with van der Waals surface area (Å²) in [7, 11) is -4.23. The number of hydrogen-bond donors (Lipinski definition) is 2. The van der Waals surface area contributed by atoms with Crippen molar-refractivity contribution in [2.24, 2.45) is 10.2 Å². The van der Waals surface area contributed by atoms with Crippen LogP contribution in [-0.2, 0) is 10.1 Å². The lowest BCUT2D eigenvalue weighted by atomic mass is 10.1.